The van der Waals surface area contributed by atoms with Gasteiger partial charge in [-0.1, -0.05) is 16.8 Å². The largest absolute Gasteiger partial charge is 0.355 e. The molecule has 1 fully saturated rings. The number of hydrogen-bond donors (Lipinski definition) is 2. The summed E-state index contributed by atoms with van der Waals surface area (Å²) < 4.78 is 5.88. The first-order valence-electron chi connectivity index (χ1n) is 6.90. The molecule has 0 unspecified atom stereocenters. The molecule has 7 heteroatoms. The summed E-state index contributed by atoms with van der Waals surface area (Å²) in [5, 5.41) is 6.82. The van der Waals surface area contributed by atoms with Crippen molar-refractivity contribution in [3.63, 3.8) is 0 Å². The standard InChI is InChI=1S/C14H16ClN3O2S/c15-13-6-5-12(21-13)11-7-10(18-20-11)14(19)17-9-3-1-8(16)2-4-9/h5-9H,1-4,16H2,(H,17,19). The van der Waals surface area contributed by atoms with Gasteiger partial charge in [0.15, 0.2) is 11.5 Å². The van der Waals surface area contributed by atoms with Gasteiger partial charge in [-0.05, 0) is 37.8 Å². The lowest BCUT2D eigenvalue weighted by Crippen LogP contribution is -2.40. The molecular formula is C14H16ClN3O2S. The third kappa shape index (κ3) is 3.45. The molecule has 3 N–H and O–H groups in total. The Morgan fingerprint density at radius 3 is 2.81 bits per heavy atom. The number of halogens is 1. The number of thiophene rings is 1. The maximum Gasteiger partial charge on any atom is 0.273 e. The Bertz CT molecular complexity index is 632. The number of amides is 1. The van der Waals surface area contributed by atoms with E-state index >= 15 is 0 Å². The number of carbonyl (C=O) groups excluding carboxylic acids is 1. The lowest BCUT2D eigenvalue weighted by Gasteiger charge is -2.26. The highest BCUT2D eigenvalue weighted by atomic mass is 35.5. The van der Waals surface area contributed by atoms with E-state index in [0.29, 0.717) is 15.8 Å². The molecule has 1 saturated carbocycles. The number of nitrogens with zero attached hydrogens (tertiary/aromatic N) is 1. The fourth-order valence-electron chi connectivity index (χ4n) is 2.47. The van der Waals surface area contributed by atoms with Gasteiger partial charge in [-0.15, -0.1) is 11.3 Å². The summed E-state index contributed by atoms with van der Waals surface area (Å²) >= 11 is 7.28. The van der Waals surface area contributed by atoms with Crippen molar-refractivity contribution < 1.29 is 9.32 Å². The van der Waals surface area contributed by atoms with E-state index in [4.69, 9.17) is 21.9 Å². The Kier molecular flexibility index (Phi) is 4.28. The fraction of sp³-hybridized carbons (Fsp3) is 0.429. The van der Waals surface area contributed by atoms with E-state index in [2.05, 4.69) is 10.5 Å². The molecule has 3 rings (SSSR count). The molecule has 5 nitrogen and oxygen atoms in total. The van der Waals surface area contributed by atoms with Crippen LogP contribution in [0.1, 0.15) is 36.2 Å². The van der Waals surface area contributed by atoms with E-state index in [0.717, 1.165) is 30.6 Å². The highest BCUT2D eigenvalue weighted by Crippen LogP contribution is 2.31. The number of nitrogens with one attached hydrogen (secondary N) is 1. The smallest absolute Gasteiger partial charge is 0.273 e. The monoisotopic (exact) mass is 325 g/mol. The molecule has 0 aromatic carbocycles. The van der Waals surface area contributed by atoms with Crippen molar-refractivity contribution in [3.05, 3.63) is 28.2 Å². The van der Waals surface area contributed by atoms with Crippen molar-refractivity contribution in [2.75, 3.05) is 0 Å². The van der Waals surface area contributed by atoms with Gasteiger partial charge in [0.1, 0.15) is 0 Å². The Morgan fingerprint density at radius 1 is 1.38 bits per heavy atom. The molecule has 2 heterocycles. The van der Waals surface area contributed by atoms with Gasteiger partial charge in [-0.25, -0.2) is 0 Å². The molecule has 0 bridgehead atoms. The average Bonchev–Trinajstić information content (AvgIpc) is 3.10. The van der Waals surface area contributed by atoms with Gasteiger partial charge in [-0.2, -0.15) is 0 Å². The van der Waals surface area contributed by atoms with Gasteiger partial charge in [0.05, 0.1) is 9.21 Å². The number of hydrogen-bond acceptors (Lipinski definition) is 5. The van der Waals surface area contributed by atoms with E-state index in [-0.39, 0.29) is 18.0 Å². The normalized spacial score (nSPS) is 22.2. The molecule has 0 spiro atoms. The summed E-state index contributed by atoms with van der Waals surface area (Å²) in [7, 11) is 0. The Labute approximate surface area is 131 Å². The predicted octanol–water partition coefficient (Wildman–Crippen LogP) is 3.06. The zero-order valence-corrected chi connectivity index (χ0v) is 12.9. The molecule has 0 atom stereocenters. The SMILES string of the molecule is NC1CCC(NC(=O)c2cc(-c3ccc(Cl)s3)on2)CC1. The number of nitrogens with two attached hydrogens (primary N) is 1. The number of aromatic nitrogens is 1. The Morgan fingerprint density at radius 2 is 2.14 bits per heavy atom. The van der Waals surface area contributed by atoms with E-state index in [1.807, 2.05) is 6.07 Å². The molecule has 0 saturated heterocycles. The molecule has 2 aromatic heterocycles. The summed E-state index contributed by atoms with van der Waals surface area (Å²) in [6.07, 6.45) is 3.72. The van der Waals surface area contributed by atoms with Crippen LogP contribution in [0.4, 0.5) is 0 Å². The lowest BCUT2D eigenvalue weighted by molar-refractivity contribution is 0.0917. The molecule has 0 aliphatic heterocycles. The molecule has 1 aliphatic carbocycles. The van der Waals surface area contributed by atoms with Crippen LogP contribution in [0.3, 0.4) is 0 Å². The Hall–Kier alpha value is -1.37. The minimum Gasteiger partial charge on any atom is -0.355 e. The topological polar surface area (TPSA) is 81.1 Å². The molecule has 2 aromatic rings. The van der Waals surface area contributed by atoms with Crippen molar-refractivity contribution in [1.82, 2.24) is 10.5 Å². The quantitative estimate of drug-likeness (QED) is 0.908. The summed E-state index contributed by atoms with van der Waals surface area (Å²) in [4.78, 5) is 13.0. The van der Waals surface area contributed by atoms with Gasteiger partial charge in [0.2, 0.25) is 0 Å². The van der Waals surface area contributed by atoms with Crippen LogP contribution < -0.4 is 11.1 Å². The van der Waals surface area contributed by atoms with Crippen LogP contribution in [0.25, 0.3) is 10.6 Å². The predicted molar refractivity (Wildman–Crippen MR) is 82.5 cm³/mol. The molecule has 0 radical (unpaired) electrons. The second-order valence-corrected chi connectivity index (χ2v) is 6.98. The first kappa shape index (κ1) is 14.6. The first-order chi connectivity index (χ1) is 10.1. The second kappa shape index (κ2) is 6.17. The summed E-state index contributed by atoms with van der Waals surface area (Å²) in [5.74, 6) is 0.357. The fourth-order valence-corrected chi connectivity index (χ4v) is 3.46. The van der Waals surface area contributed by atoms with Gasteiger partial charge in [-0.3, -0.25) is 4.79 Å². The minimum atomic E-state index is -0.201. The van der Waals surface area contributed by atoms with Crippen molar-refractivity contribution >= 4 is 28.8 Å². The third-order valence-corrected chi connectivity index (χ3v) is 4.91. The molecule has 1 aliphatic rings. The van der Waals surface area contributed by atoms with Crippen LogP contribution in [-0.2, 0) is 0 Å². The number of rotatable bonds is 3. The zero-order valence-electron chi connectivity index (χ0n) is 11.3. The van der Waals surface area contributed by atoms with Crippen molar-refractivity contribution in [2.24, 2.45) is 5.73 Å². The van der Waals surface area contributed by atoms with E-state index in [1.165, 1.54) is 11.3 Å². The molecule has 21 heavy (non-hydrogen) atoms. The van der Waals surface area contributed by atoms with E-state index in [9.17, 15) is 4.79 Å². The lowest BCUT2D eigenvalue weighted by atomic mass is 9.92. The van der Waals surface area contributed by atoms with Gasteiger partial charge < -0.3 is 15.6 Å². The van der Waals surface area contributed by atoms with E-state index < -0.39 is 0 Å². The van der Waals surface area contributed by atoms with E-state index in [1.54, 1.807) is 12.1 Å². The maximum absolute atomic E-state index is 12.2. The van der Waals surface area contributed by atoms with Crippen LogP contribution in [0, 0.1) is 0 Å². The molecular weight excluding hydrogens is 310 g/mol. The van der Waals surface area contributed by atoms with Crippen LogP contribution in [0.5, 0.6) is 0 Å². The van der Waals surface area contributed by atoms with Gasteiger partial charge in [0.25, 0.3) is 5.91 Å². The second-order valence-electron chi connectivity index (χ2n) is 5.27. The van der Waals surface area contributed by atoms with Crippen molar-refractivity contribution in [3.8, 4) is 10.6 Å². The van der Waals surface area contributed by atoms with Crippen LogP contribution in [0.15, 0.2) is 22.7 Å². The first-order valence-corrected chi connectivity index (χ1v) is 8.10. The summed E-state index contributed by atoms with van der Waals surface area (Å²) in [6, 6.07) is 5.72. The number of carbonyl (C=O) groups is 1. The van der Waals surface area contributed by atoms with Crippen LogP contribution in [-0.4, -0.2) is 23.1 Å². The van der Waals surface area contributed by atoms with Gasteiger partial charge >= 0.3 is 0 Å². The average molecular weight is 326 g/mol. The minimum absolute atomic E-state index is 0.175. The van der Waals surface area contributed by atoms with Crippen LogP contribution >= 0.6 is 22.9 Å². The molecule has 112 valence electrons. The van der Waals surface area contributed by atoms with Crippen molar-refractivity contribution in [2.45, 2.75) is 37.8 Å². The van der Waals surface area contributed by atoms with Crippen LogP contribution in [0.2, 0.25) is 4.34 Å². The zero-order chi connectivity index (χ0) is 14.8. The van der Waals surface area contributed by atoms with Crippen molar-refractivity contribution in [1.29, 1.82) is 0 Å². The maximum atomic E-state index is 12.2. The Balaban J connectivity index is 1.64. The summed E-state index contributed by atoms with van der Waals surface area (Å²) in [5.41, 5.74) is 6.15. The van der Waals surface area contributed by atoms with Gasteiger partial charge in [0, 0.05) is 18.2 Å². The summed E-state index contributed by atoms with van der Waals surface area (Å²) in [6.45, 7) is 0. The third-order valence-electron chi connectivity index (χ3n) is 3.67. The molecule has 1 amide bonds. The highest BCUT2D eigenvalue weighted by Gasteiger charge is 2.22. The highest BCUT2D eigenvalue weighted by molar-refractivity contribution is 7.19.